The van der Waals surface area contributed by atoms with Gasteiger partial charge in [-0.2, -0.15) is 18.2 Å². The van der Waals surface area contributed by atoms with Gasteiger partial charge >= 0.3 is 6.18 Å². The van der Waals surface area contributed by atoms with Gasteiger partial charge in [-0.15, -0.1) is 17.4 Å². The van der Waals surface area contributed by atoms with E-state index in [2.05, 4.69) is 30.4 Å². The standard InChI is InChI=1S/C23H19Cl2F3N8O.ClH/c24-13-3-4-15(17(25)8-13)18-11-36(20(9-30-18)31-12-32-36)35-7-1-2-14(10-35)33-19-6-5-16(22(29)34-19)21(37)23(26,27)28;/h3-6,8-9,11-12,14H,1-2,7,10H2,(H2-,29,33,34,37);1H/p+1. The Morgan fingerprint density at radius 2 is 2.00 bits per heavy atom. The summed E-state index contributed by atoms with van der Waals surface area (Å²) >= 11 is 12.5. The average Bonchev–Trinajstić information content (AvgIpc) is 3.28. The summed E-state index contributed by atoms with van der Waals surface area (Å²) < 4.78 is 38.3. The third kappa shape index (κ3) is 5.27. The smallest absolute Gasteiger partial charge is 0.383 e. The molecule has 0 bridgehead atoms. The molecular weight excluding hydrogens is 568 g/mol. The number of aromatic nitrogens is 1. The number of ketones is 1. The first-order valence-electron chi connectivity index (χ1n) is 11.2. The van der Waals surface area contributed by atoms with Crippen molar-refractivity contribution in [2.45, 2.75) is 25.1 Å². The van der Waals surface area contributed by atoms with Crippen LogP contribution in [0.1, 0.15) is 28.8 Å². The summed E-state index contributed by atoms with van der Waals surface area (Å²) in [6, 6.07) is 7.37. The number of Topliss-reactive ketones (excluding diaryl/α,β-unsaturated/α-hetero) is 1. The molecule has 38 heavy (non-hydrogen) atoms. The zero-order valence-corrected chi connectivity index (χ0v) is 21.8. The average molecular weight is 589 g/mol. The molecule has 0 radical (unpaired) electrons. The number of piperidine rings is 1. The number of benzene rings is 1. The van der Waals surface area contributed by atoms with Gasteiger partial charge in [-0.25, -0.2) is 9.98 Å². The van der Waals surface area contributed by atoms with Gasteiger partial charge in [0, 0.05) is 16.6 Å². The predicted octanol–water partition coefficient (Wildman–Crippen LogP) is 5.18. The van der Waals surface area contributed by atoms with Gasteiger partial charge in [-0.1, -0.05) is 23.2 Å². The van der Waals surface area contributed by atoms with Crippen LogP contribution < -0.4 is 11.1 Å². The third-order valence-electron chi connectivity index (χ3n) is 6.19. The Morgan fingerprint density at radius 3 is 2.71 bits per heavy atom. The highest BCUT2D eigenvalue weighted by atomic mass is 35.5. The molecule has 0 aliphatic carbocycles. The van der Waals surface area contributed by atoms with Gasteiger partial charge in [-0.05, 0) is 53.0 Å². The number of alkyl halides is 3. The molecule has 2 aromatic rings. The number of carbonyl (C=O) groups excluding carboxylic acids is 1. The lowest BCUT2D eigenvalue weighted by molar-refractivity contribution is -0.917. The number of carbonyl (C=O) groups is 1. The van der Waals surface area contributed by atoms with Crippen molar-refractivity contribution in [3.05, 3.63) is 57.7 Å². The first-order valence-corrected chi connectivity index (χ1v) is 12.0. The highest BCUT2D eigenvalue weighted by Crippen LogP contribution is 2.35. The van der Waals surface area contributed by atoms with Crippen LogP contribution in [0, 0.1) is 0 Å². The second kappa shape index (κ2) is 10.6. The molecule has 0 amide bonds. The van der Waals surface area contributed by atoms with Crippen molar-refractivity contribution in [2.24, 2.45) is 15.1 Å². The number of hydrogen-bond acceptors (Lipinski definition) is 8. The molecule has 2 unspecified atom stereocenters. The minimum atomic E-state index is -5.03. The molecule has 3 N–H and O–H groups in total. The van der Waals surface area contributed by atoms with E-state index in [-0.39, 0.29) is 29.0 Å². The van der Waals surface area contributed by atoms with Crippen LogP contribution in [0.2, 0.25) is 10.0 Å². The van der Waals surface area contributed by atoms with Crippen LogP contribution in [0.15, 0.2) is 51.6 Å². The van der Waals surface area contributed by atoms with Crippen molar-refractivity contribution in [1.82, 2.24) is 9.99 Å². The fraction of sp³-hybridized carbons (Fsp3) is 0.261. The van der Waals surface area contributed by atoms with Crippen molar-refractivity contribution in [3.8, 4) is 0 Å². The molecule has 3 aliphatic rings. The highest BCUT2D eigenvalue weighted by molar-refractivity contribution is 6.36. The monoisotopic (exact) mass is 587 g/mol. The van der Waals surface area contributed by atoms with Gasteiger partial charge < -0.3 is 11.1 Å². The second-order valence-electron chi connectivity index (χ2n) is 8.62. The fourth-order valence-corrected chi connectivity index (χ4v) is 4.96. The van der Waals surface area contributed by atoms with Gasteiger partial charge in [-0.3, -0.25) is 4.79 Å². The Kier molecular flexibility index (Phi) is 7.82. The molecule has 1 saturated heterocycles. The number of nitrogens with two attached hydrogens (primary N) is 1. The SMILES string of the molecule is Cl.Nc1nc(NC2CCCN([N+]34C=C(c5ccc(Cl)cc5Cl)N=CC3=NC=N4)C2)ccc1C(=O)C(F)(F)F. The fourth-order valence-electron chi connectivity index (χ4n) is 4.45. The molecule has 2 atom stereocenters. The van der Waals surface area contributed by atoms with E-state index in [1.165, 1.54) is 12.4 Å². The number of hydrogen-bond donors (Lipinski definition) is 2. The number of nitrogens with zero attached hydrogens (tertiary/aromatic N) is 6. The van der Waals surface area contributed by atoms with E-state index >= 15 is 0 Å². The van der Waals surface area contributed by atoms with Gasteiger partial charge in [0.15, 0.2) is 12.5 Å². The largest absolute Gasteiger partial charge is 0.455 e. The van der Waals surface area contributed by atoms with E-state index in [4.69, 9.17) is 28.9 Å². The van der Waals surface area contributed by atoms with Crippen molar-refractivity contribution < 1.29 is 22.7 Å². The Balaban J connectivity index is 0.00000336. The minimum absolute atomic E-state index is 0. The van der Waals surface area contributed by atoms with Crippen LogP contribution in [0.25, 0.3) is 5.70 Å². The Bertz CT molecular complexity index is 1390. The van der Waals surface area contributed by atoms with Gasteiger partial charge in [0.2, 0.25) is 0 Å². The molecule has 15 heteroatoms. The first kappa shape index (κ1) is 28.0. The number of quaternary nitrogens is 1. The van der Waals surface area contributed by atoms with E-state index < -0.39 is 23.3 Å². The van der Waals surface area contributed by atoms with Crippen LogP contribution in [0.4, 0.5) is 24.8 Å². The van der Waals surface area contributed by atoms with Crippen molar-refractivity contribution in [1.29, 1.82) is 0 Å². The van der Waals surface area contributed by atoms with Crippen molar-refractivity contribution in [3.63, 3.8) is 0 Å². The van der Waals surface area contributed by atoms with E-state index in [0.717, 1.165) is 18.9 Å². The topological polar surface area (TPSA) is 108 Å². The Labute approximate surface area is 231 Å². The summed E-state index contributed by atoms with van der Waals surface area (Å²) in [4.78, 5) is 24.4. The number of nitrogen functional groups attached to an aromatic ring is 1. The maximum atomic E-state index is 12.8. The molecule has 0 spiro atoms. The zero-order chi connectivity index (χ0) is 26.4. The summed E-state index contributed by atoms with van der Waals surface area (Å²) in [5.74, 6) is -1.64. The van der Waals surface area contributed by atoms with E-state index in [1.54, 1.807) is 24.4 Å². The van der Waals surface area contributed by atoms with Crippen molar-refractivity contribution >= 4 is 77.1 Å². The van der Waals surface area contributed by atoms with Crippen molar-refractivity contribution in [2.75, 3.05) is 24.1 Å². The van der Waals surface area contributed by atoms with Crippen LogP contribution in [-0.4, -0.2) is 64.2 Å². The number of halogens is 6. The molecule has 1 aromatic heterocycles. The summed E-state index contributed by atoms with van der Waals surface area (Å²) in [6.07, 6.45) is 1.50. The summed E-state index contributed by atoms with van der Waals surface area (Å²) in [5, 5.41) is 10.9. The maximum Gasteiger partial charge on any atom is 0.455 e. The molecule has 9 nitrogen and oxygen atoms in total. The Hall–Kier alpha value is -3.03. The molecular formula is C23H21Cl3F3N8O+. The number of rotatable bonds is 5. The molecule has 3 aliphatic heterocycles. The van der Waals surface area contributed by atoms with Gasteiger partial charge in [0.1, 0.15) is 23.5 Å². The summed E-state index contributed by atoms with van der Waals surface area (Å²) in [5.41, 5.74) is 6.29. The molecule has 200 valence electrons. The normalized spacial score (nSPS) is 22.8. The lowest BCUT2D eigenvalue weighted by atomic mass is 10.1. The number of aliphatic imine (C=N–C) groups is 2. The number of pyridine rings is 1. The van der Waals surface area contributed by atoms with Gasteiger partial charge in [0.25, 0.3) is 11.6 Å². The van der Waals surface area contributed by atoms with Crippen LogP contribution in [0.3, 0.4) is 0 Å². The molecule has 5 rings (SSSR count). The highest BCUT2D eigenvalue weighted by Gasteiger charge is 2.47. The number of anilines is 2. The van der Waals surface area contributed by atoms with Crippen LogP contribution >= 0.6 is 35.6 Å². The summed E-state index contributed by atoms with van der Waals surface area (Å²) in [7, 11) is 0. The predicted molar refractivity (Wildman–Crippen MR) is 144 cm³/mol. The Morgan fingerprint density at radius 1 is 1.21 bits per heavy atom. The number of fused-ring (bicyclic) bond motifs is 1. The maximum absolute atomic E-state index is 12.8. The van der Waals surface area contributed by atoms with E-state index in [9.17, 15) is 18.0 Å². The number of nitrogens with one attached hydrogen (secondary N) is 1. The molecule has 1 fully saturated rings. The summed E-state index contributed by atoms with van der Waals surface area (Å²) in [6.45, 7) is 1.18. The minimum Gasteiger partial charge on any atom is -0.383 e. The van der Waals surface area contributed by atoms with Crippen LogP contribution in [-0.2, 0) is 0 Å². The number of amidine groups is 1. The quantitative estimate of drug-likeness (QED) is 0.370. The first-order chi connectivity index (χ1) is 17.6. The van der Waals surface area contributed by atoms with Gasteiger partial charge in [0.05, 0.1) is 23.7 Å². The molecule has 4 heterocycles. The lowest BCUT2D eigenvalue weighted by Crippen LogP contribution is -2.61. The van der Waals surface area contributed by atoms with E-state index in [0.29, 0.717) is 40.2 Å². The van der Waals surface area contributed by atoms with E-state index in [1.807, 2.05) is 6.20 Å². The third-order valence-corrected chi connectivity index (χ3v) is 6.74. The lowest BCUT2D eigenvalue weighted by Gasteiger charge is -2.40. The molecule has 1 aromatic carbocycles. The molecule has 0 saturated carbocycles. The second-order valence-corrected chi connectivity index (χ2v) is 9.46. The van der Waals surface area contributed by atoms with Crippen LogP contribution in [0.5, 0.6) is 0 Å². The zero-order valence-electron chi connectivity index (χ0n) is 19.5.